The van der Waals surface area contributed by atoms with E-state index in [9.17, 15) is 9.59 Å². The predicted octanol–water partition coefficient (Wildman–Crippen LogP) is 2.37. The number of thioether (sulfide) groups is 1. The number of amides is 1. The normalized spacial score (nSPS) is 18.3. The van der Waals surface area contributed by atoms with E-state index in [4.69, 9.17) is 5.11 Å². The van der Waals surface area contributed by atoms with Crippen LogP contribution >= 0.6 is 11.8 Å². The topological polar surface area (TPSA) is 57.6 Å². The highest BCUT2D eigenvalue weighted by Crippen LogP contribution is 2.23. The summed E-state index contributed by atoms with van der Waals surface area (Å²) in [6.07, 6.45) is 5.87. The van der Waals surface area contributed by atoms with E-state index in [1.54, 1.807) is 6.92 Å². The highest BCUT2D eigenvalue weighted by Gasteiger charge is 2.24. The number of carbonyl (C=O) groups excluding carboxylic acids is 1. The van der Waals surface area contributed by atoms with Crippen molar-refractivity contribution in [2.45, 2.75) is 57.2 Å². The molecule has 1 N–H and O–H groups in total. The van der Waals surface area contributed by atoms with Crippen LogP contribution in [0.3, 0.4) is 0 Å². The smallest absolute Gasteiger partial charge is 0.316 e. The molecule has 0 aromatic heterocycles. The molecule has 18 heavy (non-hydrogen) atoms. The maximum Gasteiger partial charge on any atom is 0.316 e. The lowest BCUT2D eigenvalue weighted by atomic mass is 9.94. The Balaban J connectivity index is 2.43. The molecule has 5 heteroatoms. The fourth-order valence-electron chi connectivity index (χ4n) is 2.38. The summed E-state index contributed by atoms with van der Waals surface area (Å²) in [6.45, 7) is 4.35. The van der Waals surface area contributed by atoms with Gasteiger partial charge in [-0.2, -0.15) is 0 Å². The van der Waals surface area contributed by atoms with Gasteiger partial charge < -0.3 is 10.0 Å². The van der Waals surface area contributed by atoms with Crippen LogP contribution in [0.25, 0.3) is 0 Å². The Labute approximate surface area is 113 Å². The van der Waals surface area contributed by atoms with Gasteiger partial charge in [-0.15, -0.1) is 11.8 Å². The molecule has 104 valence electrons. The third kappa shape index (κ3) is 4.52. The average molecular weight is 273 g/mol. The summed E-state index contributed by atoms with van der Waals surface area (Å²) < 4.78 is 0. The maximum absolute atomic E-state index is 12.1. The monoisotopic (exact) mass is 273 g/mol. The van der Waals surface area contributed by atoms with Crippen LogP contribution in [0.15, 0.2) is 0 Å². The molecule has 0 unspecified atom stereocenters. The summed E-state index contributed by atoms with van der Waals surface area (Å²) in [4.78, 5) is 24.8. The second-order valence-corrected chi connectivity index (χ2v) is 6.09. The largest absolute Gasteiger partial charge is 0.480 e. The van der Waals surface area contributed by atoms with Gasteiger partial charge in [-0.05, 0) is 26.7 Å². The molecule has 1 saturated carbocycles. The molecule has 0 aliphatic heterocycles. The van der Waals surface area contributed by atoms with E-state index >= 15 is 0 Å². The molecule has 0 bridgehead atoms. The maximum atomic E-state index is 12.1. The molecule has 1 atom stereocenters. The van der Waals surface area contributed by atoms with Crippen LogP contribution in [0.5, 0.6) is 0 Å². The Morgan fingerprint density at radius 1 is 1.33 bits per heavy atom. The number of carbonyl (C=O) groups is 2. The van der Waals surface area contributed by atoms with Crippen molar-refractivity contribution in [1.29, 1.82) is 0 Å². The van der Waals surface area contributed by atoms with Crippen LogP contribution in [0.2, 0.25) is 0 Å². The Morgan fingerprint density at radius 3 is 2.44 bits per heavy atom. The molecular weight excluding hydrogens is 250 g/mol. The van der Waals surface area contributed by atoms with Crippen molar-refractivity contribution < 1.29 is 14.7 Å². The number of carboxylic acid groups (broad SMARTS) is 1. The van der Waals surface area contributed by atoms with E-state index in [2.05, 4.69) is 0 Å². The lowest BCUT2D eigenvalue weighted by Crippen LogP contribution is -2.42. The Morgan fingerprint density at radius 2 is 1.94 bits per heavy atom. The second kappa shape index (κ2) is 7.67. The Bertz CT molecular complexity index is 290. The van der Waals surface area contributed by atoms with Gasteiger partial charge in [0.25, 0.3) is 0 Å². The summed E-state index contributed by atoms with van der Waals surface area (Å²) >= 11 is 1.21. The van der Waals surface area contributed by atoms with Gasteiger partial charge in [0.15, 0.2) is 0 Å². The molecule has 0 saturated heterocycles. The highest BCUT2D eigenvalue weighted by molar-refractivity contribution is 8.01. The fourth-order valence-corrected chi connectivity index (χ4v) is 3.08. The van der Waals surface area contributed by atoms with Gasteiger partial charge in [0.05, 0.1) is 11.0 Å². The number of hydrogen-bond acceptors (Lipinski definition) is 3. The van der Waals surface area contributed by atoms with Crippen LogP contribution in [-0.2, 0) is 9.59 Å². The third-order valence-corrected chi connectivity index (χ3v) is 4.60. The van der Waals surface area contributed by atoms with Crippen molar-refractivity contribution in [2.75, 3.05) is 12.3 Å². The molecule has 0 aromatic rings. The Kier molecular flexibility index (Phi) is 6.54. The molecule has 4 nitrogen and oxygen atoms in total. The fraction of sp³-hybridized carbons (Fsp3) is 0.846. The van der Waals surface area contributed by atoms with Crippen molar-refractivity contribution in [1.82, 2.24) is 4.90 Å². The van der Waals surface area contributed by atoms with Crippen LogP contribution in [0.1, 0.15) is 46.0 Å². The summed E-state index contributed by atoms with van der Waals surface area (Å²) in [5, 5.41) is 8.28. The van der Waals surface area contributed by atoms with Gasteiger partial charge in [-0.3, -0.25) is 9.59 Å². The van der Waals surface area contributed by atoms with Gasteiger partial charge in [-0.1, -0.05) is 19.3 Å². The zero-order valence-corrected chi connectivity index (χ0v) is 12.0. The first kappa shape index (κ1) is 15.3. The van der Waals surface area contributed by atoms with Gasteiger partial charge in [-0.25, -0.2) is 0 Å². The zero-order chi connectivity index (χ0) is 13.5. The number of carboxylic acids is 1. The van der Waals surface area contributed by atoms with Crippen LogP contribution in [0.4, 0.5) is 0 Å². The third-order valence-electron chi connectivity index (χ3n) is 3.48. The molecule has 0 aromatic carbocycles. The lowest BCUT2D eigenvalue weighted by Gasteiger charge is -2.33. The molecular formula is C13H23NO3S. The molecule has 1 aliphatic carbocycles. The van der Waals surface area contributed by atoms with Crippen molar-refractivity contribution in [3.8, 4) is 0 Å². The molecule has 1 aliphatic rings. The minimum atomic E-state index is -0.853. The van der Waals surface area contributed by atoms with Gasteiger partial charge >= 0.3 is 5.97 Å². The summed E-state index contributed by atoms with van der Waals surface area (Å²) in [6, 6.07) is 0.372. The van der Waals surface area contributed by atoms with Gasteiger partial charge in [0.1, 0.15) is 0 Å². The van der Waals surface area contributed by atoms with Gasteiger partial charge in [0, 0.05) is 12.6 Å². The predicted molar refractivity (Wildman–Crippen MR) is 73.8 cm³/mol. The summed E-state index contributed by atoms with van der Waals surface area (Å²) in [5.41, 5.74) is 0. The average Bonchev–Trinajstić information content (AvgIpc) is 2.38. The number of aliphatic carboxylic acids is 1. The molecule has 0 spiro atoms. The van der Waals surface area contributed by atoms with E-state index < -0.39 is 11.2 Å². The van der Waals surface area contributed by atoms with Crippen molar-refractivity contribution in [2.24, 2.45) is 0 Å². The first-order chi connectivity index (χ1) is 8.56. The van der Waals surface area contributed by atoms with E-state index in [1.807, 2.05) is 11.8 Å². The lowest BCUT2D eigenvalue weighted by molar-refractivity contribution is -0.136. The van der Waals surface area contributed by atoms with E-state index in [0.29, 0.717) is 6.04 Å². The number of rotatable bonds is 6. The second-order valence-electron chi connectivity index (χ2n) is 4.76. The van der Waals surface area contributed by atoms with Crippen LogP contribution in [0, 0.1) is 0 Å². The van der Waals surface area contributed by atoms with Crippen LogP contribution in [-0.4, -0.2) is 45.5 Å². The summed E-state index contributed by atoms with van der Waals surface area (Å²) in [5.74, 6) is -0.492. The minimum absolute atomic E-state index is 0.0856. The molecule has 1 fully saturated rings. The summed E-state index contributed by atoms with van der Waals surface area (Å²) in [7, 11) is 0. The van der Waals surface area contributed by atoms with Crippen molar-refractivity contribution in [3.05, 3.63) is 0 Å². The quantitative estimate of drug-likeness (QED) is 0.807. The number of hydrogen-bond donors (Lipinski definition) is 1. The molecule has 1 rings (SSSR count). The zero-order valence-electron chi connectivity index (χ0n) is 11.2. The standard InChI is InChI=1S/C13H23NO3S/c1-3-14(11-7-5-4-6-8-11)12(15)9-18-10(2)13(16)17/h10-11H,3-9H2,1-2H3,(H,16,17)/t10-/m0/s1. The minimum Gasteiger partial charge on any atom is -0.480 e. The first-order valence-electron chi connectivity index (χ1n) is 6.70. The van der Waals surface area contributed by atoms with E-state index in [1.165, 1.54) is 31.0 Å². The van der Waals surface area contributed by atoms with Gasteiger partial charge in [0.2, 0.25) is 5.91 Å². The first-order valence-corrected chi connectivity index (χ1v) is 7.75. The van der Waals surface area contributed by atoms with E-state index in [0.717, 1.165) is 19.4 Å². The Hall–Kier alpha value is -0.710. The van der Waals surface area contributed by atoms with Crippen molar-refractivity contribution >= 4 is 23.6 Å². The molecule has 0 heterocycles. The molecule has 1 amide bonds. The van der Waals surface area contributed by atoms with E-state index in [-0.39, 0.29) is 11.7 Å². The SMILES string of the molecule is CCN(C(=O)CS[C@@H](C)C(=O)O)C1CCCCC1. The number of nitrogens with zero attached hydrogens (tertiary/aromatic N) is 1. The van der Waals surface area contributed by atoms with Crippen LogP contribution < -0.4 is 0 Å². The molecule has 0 radical (unpaired) electrons. The van der Waals surface area contributed by atoms with Crippen molar-refractivity contribution in [3.63, 3.8) is 0 Å². The highest BCUT2D eigenvalue weighted by atomic mass is 32.2.